The zero-order valence-electron chi connectivity index (χ0n) is 17.2. The molecule has 0 fully saturated rings. The summed E-state index contributed by atoms with van der Waals surface area (Å²) < 4.78 is 0. The summed E-state index contributed by atoms with van der Waals surface area (Å²) in [5, 5.41) is 0. The predicted molar refractivity (Wildman–Crippen MR) is 123 cm³/mol. The summed E-state index contributed by atoms with van der Waals surface area (Å²) in [7, 11) is 0. The van der Waals surface area contributed by atoms with Crippen LogP contribution in [0.1, 0.15) is 22.3 Å². The summed E-state index contributed by atoms with van der Waals surface area (Å²) >= 11 is 0. The van der Waals surface area contributed by atoms with Gasteiger partial charge < -0.3 is 0 Å². The van der Waals surface area contributed by atoms with E-state index in [1.165, 1.54) is 44.5 Å². The fourth-order valence-electron chi connectivity index (χ4n) is 3.06. The third kappa shape index (κ3) is 5.44. The molecular weight excluding hydrogens is 336 g/mol. The van der Waals surface area contributed by atoms with E-state index in [4.69, 9.17) is 0 Å². The minimum absolute atomic E-state index is 1.29. The first-order chi connectivity index (χ1) is 13.5. The van der Waals surface area contributed by atoms with E-state index in [9.17, 15) is 0 Å². The van der Waals surface area contributed by atoms with Gasteiger partial charge in [-0.15, -0.1) is 0 Å². The Hall–Kier alpha value is -3.12. The largest absolute Gasteiger partial charge is 0.0614 e. The van der Waals surface area contributed by atoms with Gasteiger partial charge in [-0.2, -0.15) is 0 Å². The molecule has 4 aromatic carbocycles. The normalized spacial score (nSPS) is 10.1. The minimum Gasteiger partial charge on any atom is -0.0614 e. The Labute approximate surface area is 169 Å². The molecule has 140 valence electrons. The zero-order chi connectivity index (χ0) is 19.9. The van der Waals surface area contributed by atoms with E-state index < -0.39 is 0 Å². The predicted octanol–water partition coefficient (Wildman–Crippen LogP) is 7.94. The molecule has 0 saturated heterocycles. The number of hydrogen-bond donors (Lipinski definition) is 0. The van der Waals surface area contributed by atoms with Crippen molar-refractivity contribution in [1.29, 1.82) is 0 Å². The van der Waals surface area contributed by atoms with Gasteiger partial charge in [-0.1, -0.05) is 119 Å². The summed E-state index contributed by atoms with van der Waals surface area (Å²) in [6.07, 6.45) is 0. The third-order valence-corrected chi connectivity index (χ3v) is 4.84. The fraction of sp³-hybridized carbons (Fsp3) is 0.143. The number of benzene rings is 4. The van der Waals surface area contributed by atoms with Crippen LogP contribution >= 0.6 is 0 Å². The Morgan fingerprint density at radius 3 is 1.04 bits per heavy atom. The second-order valence-corrected chi connectivity index (χ2v) is 7.47. The Bertz CT molecular complexity index is 961. The van der Waals surface area contributed by atoms with E-state index in [0.29, 0.717) is 0 Å². The Morgan fingerprint density at radius 2 is 0.679 bits per heavy atom. The zero-order valence-corrected chi connectivity index (χ0v) is 17.2. The lowest BCUT2D eigenvalue weighted by Gasteiger charge is -2.02. The van der Waals surface area contributed by atoms with E-state index in [0.717, 1.165) is 0 Å². The third-order valence-electron chi connectivity index (χ3n) is 4.84. The summed E-state index contributed by atoms with van der Waals surface area (Å²) in [6.45, 7) is 8.45. The lowest BCUT2D eigenvalue weighted by molar-refractivity contribution is 1.44. The summed E-state index contributed by atoms with van der Waals surface area (Å²) in [6, 6.07) is 34.5. The molecule has 0 aromatic heterocycles. The highest BCUT2D eigenvalue weighted by Gasteiger charge is 1.97. The van der Waals surface area contributed by atoms with Gasteiger partial charge >= 0.3 is 0 Å². The Balaban J connectivity index is 0.000000161. The molecule has 0 radical (unpaired) electrons. The van der Waals surface area contributed by atoms with Crippen molar-refractivity contribution in [3.63, 3.8) is 0 Å². The quantitative estimate of drug-likeness (QED) is 0.338. The molecule has 0 bridgehead atoms. The molecule has 0 saturated carbocycles. The number of aryl methyl sites for hydroxylation is 4. The summed E-state index contributed by atoms with van der Waals surface area (Å²) in [5.74, 6) is 0. The van der Waals surface area contributed by atoms with Crippen LogP contribution in [0.4, 0.5) is 0 Å². The van der Waals surface area contributed by atoms with Crippen LogP contribution in [0.5, 0.6) is 0 Å². The molecule has 0 heterocycles. The Kier molecular flexibility index (Phi) is 6.45. The monoisotopic (exact) mass is 364 g/mol. The van der Waals surface area contributed by atoms with E-state index >= 15 is 0 Å². The van der Waals surface area contributed by atoms with Gasteiger partial charge in [0.1, 0.15) is 0 Å². The molecular formula is C28H28. The van der Waals surface area contributed by atoms with E-state index in [-0.39, 0.29) is 0 Å². The van der Waals surface area contributed by atoms with E-state index in [1.54, 1.807) is 0 Å². The molecule has 0 heteroatoms. The van der Waals surface area contributed by atoms with Gasteiger partial charge in [0.25, 0.3) is 0 Å². The van der Waals surface area contributed by atoms with Crippen LogP contribution < -0.4 is 0 Å². The van der Waals surface area contributed by atoms with Crippen LogP contribution in [0.2, 0.25) is 0 Å². The lowest BCUT2D eigenvalue weighted by Crippen LogP contribution is -1.79. The van der Waals surface area contributed by atoms with Crippen molar-refractivity contribution in [3.05, 3.63) is 119 Å². The molecule has 0 spiro atoms. The highest BCUT2D eigenvalue weighted by Crippen LogP contribution is 2.21. The fourth-order valence-corrected chi connectivity index (χ4v) is 3.06. The molecule has 4 rings (SSSR count). The minimum atomic E-state index is 1.29. The second kappa shape index (κ2) is 9.19. The van der Waals surface area contributed by atoms with E-state index in [1.807, 2.05) is 0 Å². The van der Waals surface area contributed by atoms with Crippen molar-refractivity contribution in [3.8, 4) is 22.3 Å². The molecule has 28 heavy (non-hydrogen) atoms. The van der Waals surface area contributed by atoms with Gasteiger partial charge in [-0.25, -0.2) is 0 Å². The smallest absolute Gasteiger partial charge is 0.0181 e. The van der Waals surface area contributed by atoms with Crippen molar-refractivity contribution >= 4 is 0 Å². The standard InChI is InChI=1S/2C14H14/c1-11-3-7-13(8-4-11)14-9-5-12(2)6-10-14;1-11-6-8-13(9-7-11)14-5-3-4-12(2)10-14/h2*3-10H,1-2H3. The van der Waals surface area contributed by atoms with Crippen LogP contribution in [0, 0.1) is 27.7 Å². The van der Waals surface area contributed by atoms with Crippen LogP contribution in [0.3, 0.4) is 0 Å². The first-order valence-electron chi connectivity index (χ1n) is 9.79. The van der Waals surface area contributed by atoms with Gasteiger partial charge in [0.15, 0.2) is 0 Å². The first-order valence-corrected chi connectivity index (χ1v) is 9.79. The maximum Gasteiger partial charge on any atom is -0.0181 e. The SMILES string of the molecule is Cc1ccc(-c2ccc(C)cc2)cc1.Cc1ccc(-c2cccc(C)c2)cc1. The average molecular weight is 365 g/mol. The van der Waals surface area contributed by atoms with Gasteiger partial charge in [0.2, 0.25) is 0 Å². The van der Waals surface area contributed by atoms with Crippen LogP contribution in [-0.4, -0.2) is 0 Å². The number of hydrogen-bond acceptors (Lipinski definition) is 0. The second-order valence-electron chi connectivity index (χ2n) is 7.47. The van der Waals surface area contributed by atoms with Crippen LogP contribution in [0.15, 0.2) is 97.1 Å². The van der Waals surface area contributed by atoms with Gasteiger partial charge in [-0.05, 0) is 49.9 Å². The molecule has 0 aliphatic heterocycles. The van der Waals surface area contributed by atoms with Crippen molar-refractivity contribution in [2.75, 3.05) is 0 Å². The molecule has 0 aliphatic rings. The highest BCUT2D eigenvalue weighted by molar-refractivity contribution is 5.64. The maximum atomic E-state index is 2.21. The molecule has 0 unspecified atom stereocenters. The van der Waals surface area contributed by atoms with E-state index in [2.05, 4.69) is 125 Å². The lowest BCUT2D eigenvalue weighted by atomic mass is 10.0. The van der Waals surface area contributed by atoms with Crippen molar-refractivity contribution in [2.24, 2.45) is 0 Å². The van der Waals surface area contributed by atoms with Crippen molar-refractivity contribution in [2.45, 2.75) is 27.7 Å². The summed E-state index contributed by atoms with van der Waals surface area (Å²) in [5.41, 5.74) is 10.4. The van der Waals surface area contributed by atoms with Crippen molar-refractivity contribution < 1.29 is 0 Å². The van der Waals surface area contributed by atoms with Gasteiger partial charge in [0, 0.05) is 0 Å². The topological polar surface area (TPSA) is 0 Å². The molecule has 0 amide bonds. The molecule has 4 aromatic rings. The van der Waals surface area contributed by atoms with Crippen LogP contribution in [-0.2, 0) is 0 Å². The van der Waals surface area contributed by atoms with Gasteiger partial charge in [-0.3, -0.25) is 0 Å². The maximum absolute atomic E-state index is 2.21. The number of rotatable bonds is 2. The Morgan fingerprint density at radius 1 is 0.321 bits per heavy atom. The average Bonchev–Trinajstić information content (AvgIpc) is 2.70. The molecule has 0 N–H and O–H groups in total. The summed E-state index contributed by atoms with van der Waals surface area (Å²) in [4.78, 5) is 0. The molecule has 0 nitrogen and oxygen atoms in total. The first kappa shape index (κ1) is 19.6. The van der Waals surface area contributed by atoms with Gasteiger partial charge in [0.05, 0.1) is 0 Å². The molecule has 0 aliphatic carbocycles. The molecule has 0 atom stereocenters. The van der Waals surface area contributed by atoms with Crippen molar-refractivity contribution in [1.82, 2.24) is 0 Å². The van der Waals surface area contributed by atoms with Crippen LogP contribution in [0.25, 0.3) is 22.3 Å². The highest BCUT2D eigenvalue weighted by atomic mass is 14.0.